The Balaban J connectivity index is 1.72. The van der Waals surface area contributed by atoms with Gasteiger partial charge in [0.05, 0.1) is 5.54 Å². The van der Waals surface area contributed by atoms with E-state index in [0.29, 0.717) is 16.1 Å². The Morgan fingerprint density at radius 2 is 1.41 bits per heavy atom. The van der Waals surface area contributed by atoms with Crippen LogP contribution in [0.4, 0.5) is 0 Å². The predicted molar refractivity (Wildman–Crippen MR) is 108 cm³/mol. The van der Waals surface area contributed by atoms with E-state index < -0.39 is 0 Å². The molecule has 1 saturated carbocycles. The van der Waals surface area contributed by atoms with Crippen LogP contribution in [-0.2, 0) is 5.54 Å². The van der Waals surface area contributed by atoms with Gasteiger partial charge in [0.2, 0.25) is 0 Å². The summed E-state index contributed by atoms with van der Waals surface area (Å²) in [6, 6.07) is 14.4. The van der Waals surface area contributed by atoms with Crippen molar-refractivity contribution < 1.29 is 9.59 Å². The van der Waals surface area contributed by atoms with Gasteiger partial charge in [-0.15, -0.1) is 0 Å². The van der Waals surface area contributed by atoms with Crippen LogP contribution in [-0.4, -0.2) is 17.4 Å². The molecule has 2 aromatic rings. The van der Waals surface area contributed by atoms with Crippen LogP contribution in [0.2, 0.25) is 5.02 Å². The van der Waals surface area contributed by atoms with Gasteiger partial charge in [-0.25, -0.2) is 0 Å². The highest BCUT2D eigenvalue weighted by Gasteiger charge is 2.40. The minimum absolute atomic E-state index is 0.132. The predicted octanol–water partition coefficient (Wildman–Crippen LogP) is 4.68. The van der Waals surface area contributed by atoms with E-state index in [1.807, 2.05) is 45.0 Å². The van der Waals surface area contributed by atoms with E-state index in [-0.39, 0.29) is 22.9 Å². The van der Waals surface area contributed by atoms with Gasteiger partial charge in [-0.05, 0) is 82.0 Å². The topological polar surface area (TPSA) is 58.2 Å². The van der Waals surface area contributed by atoms with E-state index >= 15 is 0 Å². The van der Waals surface area contributed by atoms with Crippen LogP contribution in [0.1, 0.15) is 66.3 Å². The fourth-order valence-electron chi connectivity index (χ4n) is 3.26. The normalized spacial score (nSPS) is 15.6. The van der Waals surface area contributed by atoms with Gasteiger partial charge in [-0.2, -0.15) is 0 Å². The first kappa shape index (κ1) is 19.4. The van der Waals surface area contributed by atoms with Crippen molar-refractivity contribution in [2.75, 3.05) is 0 Å². The van der Waals surface area contributed by atoms with Crippen molar-refractivity contribution in [3.05, 3.63) is 70.2 Å². The summed E-state index contributed by atoms with van der Waals surface area (Å²) >= 11 is 5.98. The molecule has 3 rings (SSSR count). The van der Waals surface area contributed by atoms with E-state index in [0.717, 1.165) is 24.8 Å². The van der Waals surface area contributed by atoms with Gasteiger partial charge in [-0.3, -0.25) is 9.59 Å². The molecule has 27 heavy (non-hydrogen) atoms. The molecular formula is C22H25ClN2O2. The molecule has 0 spiro atoms. The Morgan fingerprint density at radius 1 is 0.889 bits per heavy atom. The average Bonchev–Trinajstić information content (AvgIpc) is 2.57. The van der Waals surface area contributed by atoms with Crippen molar-refractivity contribution in [3.63, 3.8) is 0 Å². The van der Waals surface area contributed by atoms with Gasteiger partial charge >= 0.3 is 0 Å². The summed E-state index contributed by atoms with van der Waals surface area (Å²) in [6.45, 7) is 5.80. The lowest BCUT2D eigenvalue weighted by Gasteiger charge is -2.43. The van der Waals surface area contributed by atoms with Crippen LogP contribution in [0.3, 0.4) is 0 Å². The van der Waals surface area contributed by atoms with Crippen molar-refractivity contribution in [2.24, 2.45) is 0 Å². The van der Waals surface area contributed by atoms with Crippen molar-refractivity contribution in [3.8, 4) is 0 Å². The third-order valence-electron chi connectivity index (χ3n) is 4.85. The lowest BCUT2D eigenvalue weighted by molar-refractivity contribution is 0.0821. The monoisotopic (exact) mass is 384 g/mol. The van der Waals surface area contributed by atoms with Gasteiger partial charge in [0.1, 0.15) is 0 Å². The first-order valence-corrected chi connectivity index (χ1v) is 9.58. The summed E-state index contributed by atoms with van der Waals surface area (Å²) < 4.78 is 0. The van der Waals surface area contributed by atoms with Crippen LogP contribution >= 0.6 is 11.6 Å². The molecule has 0 radical (unpaired) electrons. The molecule has 0 unspecified atom stereocenters. The molecule has 1 aliphatic carbocycles. The minimum atomic E-state index is -0.329. The standard InChI is InChI=1S/C22H25ClN2O2/c1-21(2,3)24-19(26)15-5-7-16(8-6-15)20(27)25-22(13-4-14-22)17-9-11-18(23)12-10-17/h5-12H,4,13-14H2,1-3H3,(H,24,26)(H,25,27). The summed E-state index contributed by atoms with van der Waals surface area (Å²) in [4.78, 5) is 25.0. The number of hydrogen-bond donors (Lipinski definition) is 2. The molecule has 4 nitrogen and oxygen atoms in total. The zero-order valence-corrected chi connectivity index (χ0v) is 16.7. The fraction of sp³-hybridized carbons (Fsp3) is 0.364. The molecule has 0 aliphatic heterocycles. The highest BCUT2D eigenvalue weighted by atomic mass is 35.5. The largest absolute Gasteiger partial charge is 0.347 e. The molecule has 0 heterocycles. The average molecular weight is 385 g/mol. The summed E-state index contributed by atoms with van der Waals surface area (Å²) in [6.07, 6.45) is 2.90. The Bertz CT molecular complexity index is 832. The zero-order chi connectivity index (χ0) is 19.7. The van der Waals surface area contributed by atoms with E-state index in [4.69, 9.17) is 11.6 Å². The highest BCUT2D eigenvalue weighted by Crippen LogP contribution is 2.41. The van der Waals surface area contributed by atoms with E-state index in [9.17, 15) is 9.59 Å². The zero-order valence-electron chi connectivity index (χ0n) is 15.9. The third-order valence-corrected chi connectivity index (χ3v) is 5.11. The molecule has 0 bridgehead atoms. The minimum Gasteiger partial charge on any atom is -0.347 e. The van der Waals surface area contributed by atoms with Crippen LogP contribution in [0.25, 0.3) is 0 Å². The van der Waals surface area contributed by atoms with Crippen molar-refractivity contribution in [1.82, 2.24) is 10.6 Å². The first-order valence-electron chi connectivity index (χ1n) is 9.20. The number of carbonyl (C=O) groups excluding carboxylic acids is 2. The number of amides is 2. The highest BCUT2D eigenvalue weighted by molar-refractivity contribution is 6.30. The van der Waals surface area contributed by atoms with E-state index in [1.54, 1.807) is 24.3 Å². The quantitative estimate of drug-likeness (QED) is 0.804. The Labute approximate surface area is 165 Å². The maximum Gasteiger partial charge on any atom is 0.251 e. The Kier molecular flexibility index (Phi) is 5.29. The van der Waals surface area contributed by atoms with Crippen molar-refractivity contribution in [1.29, 1.82) is 0 Å². The third kappa shape index (κ3) is 4.51. The van der Waals surface area contributed by atoms with Crippen LogP contribution < -0.4 is 10.6 Å². The molecule has 0 saturated heterocycles. The molecule has 1 fully saturated rings. The summed E-state index contributed by atoms with van der Waals surface area (Å²) in [7, 11) is 0. The van der Waals surface area contributed by atoms with Crippen molar-refractivity contribution >= 4 is 23.4 Å². The maximum absolute atomic E-state index is 12.8. The second-order valence-electron chi connectivity index (χ2n) is 8.18. The summed E-state index contributed by atoms with van der Waals surface area (Å²) in [5.41, 5.74) is 1.53. The Morgan fingerprint density at radius 3 is 1.85 bits per heavy atom. The van der Waals surface area contributed by atoms with Crippen molar-refractivity contribution in [2.45, 2.75) is 51.1 Å². The van der Waals surface area contributed by atoms with Gasteiger partial charge in [-0.1, -0.05) is 23.7 Å². The van der Waals surface area contributed by atoms with E-state index in [2.05, 4.69) is 10.6 Å². The van der Waals surface area contributed by atoms with Crippen LogP contribution in [0, 0.1) is 0 Å². The second-order valence-corrected chi connectivity index (χ2v) is 8.61. The molecular weight excluding hydrogens is 360 g/mol. The molecule has 0 aromatic heterocycles. The van der Waals surface area contributed by atoms with E-state index in [1.165, 1.54) is 0 Å². The number of rotatable bonds is 4. The molecule has 2 amide bonds. The molecule has 142 valence electrons. The number of nitrogens with one attached hydrogen (secondary N) is 2. The maximum atomic E-state index is 12.8. The Hall–Kier alpha value is -2.33. The molecule has 0 atom stereocenters. The van der Waals surface area contributed by atoms with Crippen LogP contribution in [0.5, 0.6) is 0 Å². The number of halogens is 1. The first-order chi connectivity index (χ1) is 12.7. The lowest BCUT2D eigenvalue weighted by Crippen LogP contribution is -2.50. The summed E-state index contributed by atoms with van der Waals surface area (Å²) in [5, 5.41) is 6.79. The molecule has 1 aliphatic rings. The SMILES string of the molecule is CC(C)(C)NC(=O)c1ccc(C(=O)NC2(c3ccc(Cl)cc3)CCC2)cc1. The smallest absolute Gasteiger partial charge is 0.251 e. The molecule has 2 aromatic carbocycles. The number of hydrogen-bond acceptors (Lipinski definition) is 2. The van der Waals surface area contributed by atoms with Gasteiger partial charge in [0.15, 0.2) is 0 Å². The lowest BCUT2D eigenvalue weighted by atomic mass is 9.71. The second kappa shape index (κ2) is 7.35. The number of carbonyl (C=O) groups is 2. The van der Waals surface area contributed by atoms with Gasteiger partial charge in [0, 0.05) is 21.7 Å². The molecule has 2 N–H and O–H groups in total. The number of benzene rings is 2. The summed E-state index contributed by atoms with van der Waals surface area (Å²) in [5.74, 6) is -0.279. The van der Waals surface area contributed by atoms with Gasteiger partial charge < -0.3 is 10.6 Å². The van der Waals surface area contributed by atoms with Gasteiger partial charge in [0.25, 0.3) is 11.8 Å². The fourth-order valence-corrected chi connectivity index (χ4v) is 3.39. The van der Waals surface area contributed by atoms with Crippen LogP contribution in [0.15, 0.2) is 48.5 Å². The molecule has 5 heteroatoms.